The van der Waals surface area contributed by atoms with E-state index >= 15 is 0 Å². The molecule has 1 aromatic heterocycles. The first-order chi connectivity index (χ1) is 13.5. The van der Waals surface area contributed by atoms with Crippen LogP contribution in [0, 0.1) is 0 Å². The number of carboxylic acids is 1. The van der Waals surface area contributed by atoms with Crippen molar-refractivity contribution in [3.05, 3.63) is 12.3 Å². The minimum atomic E-state index is -0.813. The van der Waals surface area contributed by atoms with Crippen LogP contribution in [0.4, 0.5) is 10.7 Å². The van der Waals surface area contributed by atoms with Crippen LogP contribution in [0.2, 0.25) is 0 Å². The van der Waals surface area contributed by atoms with Crippen LogP contribution in [-0.2, 0) is 4.79 Å². The van der Waals surface area contributed by atoms with Gasteiger partial charge in [-0.15, -0.1) is 0 Å². The molecule has 3 rings (SSSR count). The molecule has 0 aromatic carbocycles. The Morgan fingerprint density at radius 3 is 2.64 bits per heavy atom. The minimum absolute atomic E-state index is 0.0517. The van der Waals surface area contributed by atoms with Crippen LogP contribution in [0.3, 0.4) is 0 Å². The smallest absolute Gasteiger partial charge is 0.317 e. The highest BCUT2D eigenvalue weighted by Gasteiger charge is 2.35. The molecule has 0 unspecified atom stereocenters. The van der Waals surface area contributed by atoms with Crippen molar-refractivity contribution < 1.29 is 19.4 Å². The molecule has 0 atom stereocenters. The Labute approximate surface area is 164 Å². The molecule has 0 spiro atoms. The van der Waals surface area contributed by atoms with Crippen molar-refractivity contribution in [2.75, 3.05) is 51.3 Å². The zero-order valence-electron chi connectivity index (χ0n) is 16.4. The molecule has 0 bridgehead atoms. The maximum atomic E-state index is 12.5. The third-order valence-electron chi connectivity index (χ3n) is 5.38. The number of nitrogens with one attached hydrogen (secondary N) is 1. The van der Waals surface area contributed by atoms with E-state index < -0.39 is 5.97 Å². The van der Waals surface area contributed by atoms with E-state index in [2.05, 4.69) is 15.3 Å². The summed E-state index contributed by atoms with van der Waals surface area (Å²) in [6, 6.07) is 1.99. The lowest BCUT2D eigenvalue weighted by Crippen LogP contribution is -2.59. The average molecular weight is 392 g/mol. The van der Waals surface area contributed by atoms with Crippen molar-refractivity contribution in [1.29, 1.82) is 0 Å². The number of urea groups is 1. The number of anilines is 1. The van der Waals surface area contributed by atoms with E-state index in [0.29, 0.717) is 44.6 Å². The molecule has 2 fully saturated rings. The number of carbonyl (C=O) groups excluding carboxylic acids is 1. The number of carbonyl (C=O) groups is 2. The van der Waals surface area contributed by atoms with Gasteiger partial charge in [0.05, 0.1) is 13.7 Å². The zero-order valence-corrected chi connectivity index (χ0v) is 16.4. The predicted molar refractivity (Wildman–Crippen MR) is 103 cm³/mol. The molecule has 10 heteroatoms. The van der Waals surface area contributed by atoms with Gasteiger partial charge in [0.15, 0.2) is 0 Å². The summed E-state index contributed by atoms with van der Waals surface area (Å²) in [5.74, 6) is 0.320. The summed E-state index contributed by atoms with van der Waals surface area (Å²) >= 11 is 0. The molecular formula is C18H28N6O4. The lowest BCUT2D eigenvalue weighted by Gasteiger charge is -2.43. The van der Waals surface area contributed by atoms with Gasteiger partial charge < -0.3 is 25.0 Å². The van der Waals surface area contributed by atoms with E-state index in [9.17, 15) is 9.59 Å². The maximum absolute atomic E-state index is 12.5. The third kappa shape index (κ3) is 4.80. The van der Waals surface area contributed by atoms with Gasteiger partial charge >= 0.3 is 12.0 Å². The van der Waals surface area contributed by atoms with E-state index in [0.717, 1.165) is 12.8 Å². The van der Waals surface area contributed by atoms with Gasteiger partial charge in [0.1, 0.15) is 0 Å². The summed E-state index contributed by atoms with van der Waals surface area (Å²) in [7, 11) is 1.57. The normalized spacial score (nSPS) is 22.0. The molecule has 1 aromatic rings. The highest BCUT2D eigenvalue weighted by molar-refractivity contribution is 5.75. The first-order valence-electron chi connectivity index (χ1n) is 9.63. The number of carboxylic acid groups (broad SMARTS) is 1. The predicted octanol–water partition coefficient (Wildman–Crippen LogP) is 0.254. The molecule has 1 saturated carbocycles. The Morgan fingerprint density at radius 2 is 2.04 bits per heavy atom. The summed E-state index contributed by atoms with van der Waals surface area (Å²) in [6.07, 6.45) is 3.26. The third-order valence-corrected chi connectivity index (χ3v) is 5.38. The molecule has 154 valence electrons. The molecule has 1 saturated heterocycles. The number of methoxy groups -OCH3 is 1. The Hall–Kier alpha value is -2.62. The monoisotopic (exact) mass is 392 g/mol. The van der Waals surface area contributed by atoms with Crippen LogP contribution in [-0.4, -0.2) is 95.3 Å². The van der Waals surface area contributed by atoms with Crippen LogP contribution in [0.15, 0.2) is 12.3 Å². The fraction of sp³-hybridized carbons (Fsp3) is 0.667. The molecule has 1 aliphatic carbocycles. The van der Waals surface area contributed by atoms with Crippen molar-refractivity contribution in [3.63, 3.8) is 0 Å². The summed E-state index contributed by atoms with van der Waals surface area (Å²) in [5.41, 5.74) is 0. The highest BCUT2D eigenvalue weighted by Crippen LogP contribution is 2.26. The van der Waals surface area contributed by atoms with Crippen molar-refractivity contribution in [1.82, 2.24) is 25.1 Å². The lowest BCUT2D eigenvalue weighted by atomic mass is 9.85. The number of hydrogen-bond acceptors (Lipinski definition) is 7. The van der Waals surface area contributed by atoms with E-state index in [1.54, 1.807) is 24.3 Å². The van der Waals surface area contributed by atoms with Gasteiger partial charge in [-0.05, 0) is 19.4 Å². The van der Waals surface area contributed by atoms with Crippen LogP contribution >= 0.6 is 0 Å². The quantitative estimate of drug-likeness (QED) is 0.680. The van der Waals surface area contributed by atoms with E-state index in [1.807, 2.05) is 16.7 Å². The van der Waals surface area contributed by atoms with Crippen LogP contribution in [0.1, 0.15) is 19.8 Å². The van der Waals surface area contributed by atoms with Crippen molar-refractivity contribution in [2.45, 2.75) is 31.8 Å². The van der Waals surface area contributed by atoms with E-state index in [4.69, 9.17) is 9.84 Å². The SMILES string of the molecule is CCN(CC(=O)O)C1CC(NC(=O)N2CCN(c3nccc(OC)n3)CC2)C1. The van der Waals surface area contributed by atoms with Gasteiger partial charge in [0, 0.05) is 50.5 Å². The number of ether oxygens (including phenoxy) is 1. The van der Waals surface area contributed by atoms with Crippen LogP contribution in [0.5, 0.6) is 5.88 Å². The molecule has 2 N–H and O–H groups in total. The van der Waals surface area contributed by atoms with Crippen molar-refractivity contribution in [3.8, 4) is 5.88 Å². The number of amides is 2. The maximum Gasteiger partial charge on any atom is 0.317 e. The first-order valence-corrected chi connectivity index (χ1v) is 9.63. The van der Waals surface area contributed by atoms with Gasteiger partial charge in [-0.1, -0.05) is 6.92 Å². The number of aromatic nitrogens is 2. The van der Waals surface area contributed by atoms with Gasteiger partial charge in [-0.2, -0.15) is 4.98 Å². The molecule has 2 heterocycles. The van der Waals surface area contributed by atoms with E-state index in [-0.39, 0.29) is 24.7 Å². The largest absolute Gasteiger partial charge is 0.481 e. The lowest BCUT2D eigenvalue weighted by molar-refractivity contribution is -0.139. The van der Waals surface area contributed by atoms with Gasteiger partial charge in [0.2, 0.25) is 11.8 Å². The number of piperazine rings is 1. The Morgan fingerprint density at radius 1 is 1.32 bits per heavy atom. The minimum Gasteiger partial charge on any atom is -0.481 e. The summed E-state index contributed by atoms with van der Waals surface area (Å²) in [5, 5.41) is 12.0. The fourth-order valence-corrected chi connectivity index (χ4v) is 3.65. The highest BCUT2D eigenvalue weighted by atomic mass is 16.5. The Kier molecular flexibility index (Phi) is 6.50. The first kappa shape index (κ1) is 20.1. The molecule has 2 aliphatic rings. The number of nitrogens with zero attached hydrogens (tertiary/aromatic N) is 5. The van der Waals surface area contributed by atoms with Crippen molar-refractivity contribution in [2.24, 2.45) is 0 Å². The molecule has 10 nitrogen and oxygen atoms in total. The Bertz CT molecular complexity index is 688. The molecule has 1 aliphatic heterocycles. The van der Waals surface area contributed by atoms with Crippen LogP contribution in [0.25, 0.3) is 0 Å². The standard InChI is InChI=1S/C18H28N6O4/c1-3-22(12-16(25)26)14-10-13(11-14)20-18(27)24-8-6-23(7-9-24)17-19-5-4-15(21-17)28-2/h4-5,13-14H,3,6-12H2,1-2H3,(H,20,27)(H,25,26). The van der Waals surface area contributed by atoms with Gasteiger partial charge in [-0.25, -0.2) is 9.78 Å². The number of aliphatic carboxylic acids is 1. The topological polar surface area (TPSA) is 111 Å². The van der Waals surface area contributed by atoms with Gasteiger partial charge in [0.25, 0.3) is 0 Å². The number of likely N-dealkylation sites (N-methyl/N-ethyl adjacent to an activating group) is 1. The molecule has 2 amide bonds. The molecule has 28 heavy (non-hydrogen) atoms. The molecule has 0 radical (unpaired) electrons. The molecular weight excluding hydrogens is 364 g/mol. The summed E-state index contributed by atoms with van der Waals surface area (Å²) in [4.78, 5) is 37.8. The Balaban J connectivity index is 1.42. The summed E-state index contributed by atoms with van der Waals surface area (Å²) in [6.45, 7) is 5.24. The fourth-order valence-electron chi connectivity index (χ4n) is 3.65. The number of rotatable bonds is 7. The second-order valence-corrected chi connectivity index (χ2v) is 7.10. The summed E-state index contributed by atoms with van der Waals surface area (Å²) < 4.78 is 5.13. The second kappa shape index (κ2) is 9.05. The second-order valence-electron chi connectivity index (χ2n) is 7.10. The average Bonchev–Trinajstić information content (AvgIpc) is 2.68. The van der Waals surface area contributed by atoms with Crippen molar-refractivity contribution >= 4 is 17.9 Å². The van der Waals surface area contributed by atoms with E-state index in [1.165, 1.54) is 0 Å². The zero-order chi connectivity index (χ0) is 20.1. The number of hydrogen-bond donors (Lipinski definition) is 2. The van der Waals surface area contributed by atoms with Gasteiger partial charge in [-0.3, -0.25) is 9.69 Å². The van der Waals surface area contributed by atoms with Crippen LogP contribution < -0.4 is 15.0 Å².